The Balaban J connectivity index is 1.46. The molecule has 2 aromatic rings. The number of ether oxygens (including phenoxy) is 1. The summed E-state index contributed by atoms with van der Waals surface area (Å²) in [7, 11) is 1.58. The first-order chi connectivity index (χ1) is 18.6. The van der Waals surface area contributed by atoms with Crippen LogP contribution in [-0.4, -0.2) is 64.8 Å². The maximum atomic E-state index is 13.6. The summed E-state index contributed by atoms with van der Waals surface area (Å²) in [6, 6.07) is 6.92. The van der Waals surface area contributed by atoms with E-state index in [0.29, 0.717) is 41.6 Å². The number of nitrogens with zero attached hydrogens (tertiary/aromatic N) is 2. The first-order valence-corrected chi connectivity index (χ1v) is 14.9. The number of anilines is 1. The van der Waals surface area contributed by atoms with E-state index >= 15 is 0 Å². The molecule has 5 rings (SSSR count). The Morgan fingerprint density at radius 2 is 1.87 bits per heavy atom. The number of nitrogens with one attached hydrogen (secondary N) is 1. The normalized spacial score (nSPS) is 30.8. The molecule has 5 atom stereocenters. The van der Waals surface area contributed by atoms with Crippen LogP contribution in [0.4, 0.5) is 5.13 Å². The van der Waals surface area contributed by atoms with Crippen LogP contribution in [0.2, 0.25) is 0 Å². The molecule has 2 amide bonds. The van der Waals surface area contributed by atoms with Gasteiger partial charge in [0.05, 0.1) is 25.5 Å². The van der Waals surface area contributed by atoms with Gasteiger partial charge in [0.15, 0.2) is 5.13 Å². The molecule has 2 aliphatic carbocycles. The molecule has 1 saturated carbocycles. The summed E-state index contributed by atoms with van der Waals surface area (Å²) in [5, 5.41) is 25.0. The van der Waals surface area contributed by atoms with Gasteiger partial charge in [0, 0.05) is 41.3 Å². The van der Waals surface area contributed by atoms with Gasteiger partial charge in [-0.25, -0.2) is 4.98 Å². The number of aliphatic hydroxyl groups is 2. The van der Waals surface area contributed by atoms with E-state index in [4.69, 9.17) is 9.72 Å². The van der Waals surface area contributed by atoms with Crippen LogP contribution < -0.4 is 10.1 Å². The van der Waals surface area contributed by atoms with Crippen LogP contribution in [0.15, 0.2) is 24.3 Å². The molecule has 1 aromatic heterocycles. The smallest absolute Gasteiger partial charge is 0.257 e. The Hall–Kier alpha value is -2.49. The van der Waals surface area contributed by atoms with E-state index in [2.05, 4.69) is 19.2 Å². The zero-order valence-electron chi connectivity index (χ0n) is 23.4. The molecule has 9 heteroatoms. The molecule has 3 N–H and O–H groups in total. The maximum absolute atomic E-state index is 13.6. The lowest BCUT2D eigenvalue weighted by Crippen LogP contribution is -2.57. The van der Waals surface area contributed by atoms with Gasteiger partial charge in [0.2, 0.25) is 5.91 Å². The summed E-state index contributed by atoms with van der Waals surface area (Å²) in [5.74, 6) is 1.04. The SMILES string of the molecule is COc1ccc(C(=O)Nc2nc3c(s2)C[C@@H]2[C@](C)(CO)[C@H](O)CC[C@@]2(C)[C@@H]3CC(=O)N2CCC(C)CC2)cc1. The minimum absolute atomic E-state index is 0.0176. The number of amides is 2. The number of thiazole rings is 1. The average Bonchev–Trinajstić information content (AvgIpc) is 3.34. The molecule has 1 aliphatic heterocycles. The highest BCUT2D eigenvalue weighted by Crippen LogP contribution is 2.63. The Labute approximate surface area is 234 Å². The molecule has 0 unspecified atom stereocenters. The van der Waals surface area contributed by atoms with Crippen LogP contribution in [0.5, 0.6) is 5.75 Å². The van der Waals surface area contributed by atoms with Gasteiger partial charge in [0.1, 0.15) is 5.75 Å². The molecule has 3 aliphatic rings. The number of likely N-dealkylation sites (tertiary alicyclic amines) is 1. The molecule has 0 spiro atoms. The van der Waals surface area contributed by atoms with Crippen molar-refractivity contribution >= 4 is 28.3 Å². The predicted octanol–water partition coefficient (Wildman–Crippen LogP) is 4.47. The van der Waals surface area contributed by atoms with Gasteiger partial charge in [-0.2, -0.15) is 0 Å². The van der Waals surface area contributed by atoms with Crippen LogP contribution in [-0.2, 0) is 11.2 Å². The molecule has 1 aromatic carbocycles. The lowest BCUT2D eigenvalue weighted by molar-refractivity contribution is -0.147. The molecular weight excluding hydrogens is 514 g/mol. The molecular formula is C30H41N3O5S. The molecule has 2 fully saturated rings. The van der Waals surface area contributed by atoms with Crippen molar-refractivity contribution in [3.63, 3.8) is 0 Å². The monoisotopic (exact) mass is 555 g/mol. The number of carbonyl (C=O) groups is 2. The van der Waals surface area contributed by atoms with Gasteiger partial charge in [-0.15, -0.1) is 11.3 Å². The number of benzene rings is 1. The van der Waals surface area contributed by atoms with Crippen LogP contribution in [0.25, 0.3) is 0 Å². The van der Waals surface area contributed by atoms with Crippen molar-refractivity contribution in [2.45, 2.75) is 71.3 Å². The number of fused-ring (bicyclic) bond motifs is 2. The van der Waals surface area contributed by atoms with Crippen molar-refractivity contribution in [1.82, 2.24) is 9.88 Å². The quantitative estimate of drug-likeness (QED) is 0.485. The molecule has 0 bridgehead atoms. The third-order valence-electron chi connectivity index (χ3n) is 9.98. The number of rotatable bonds is 6. The van der Waals surface area contributed by atoms with E-state index in [0.717, 1.165) is 42.9 Å². The number of hydrogen-bond acceptors (Lipinski definition) is 7. The summed E-state index contributed by atoms with van der Waals surface area (Å²) in [6.07, 6.45) is 3.78. The van der Waals surface area contributed by atoms with E-state index in [9.17, 15) is 19.8 Å². The third-order valence-corrected chi connectivity index (χ3v) is 11.0. The Bertz CT molecular complexity index is 1210. The minimum atomic E-state index is -0.678. The van der Waals surface area contributed by atoms with Gasteiger partial charge in [-0.1, -0.05) is 20.8 Å². The summed E-state index contributed by atoms with van der Waals surface area (Å²) in [5.41, 5.74) is 0.405. The van der Waals surface area contributed by atoms with Crippen molar-refractivity contribution in [2.75, 3.05) is 32.1 Å². The van der Waals surface area contributed by atoms with Gasteiger partial charge in [0.25, 0.3) is 5.91 Å². The van der Waals surface area contributed by atoms with Crippen LogP contribution in [0.1, 0.15) is 79.7 Å². The fourth-order valence-electron chi connectivity index (χ4n) is 7.17. The molecule has 8 nitrogen and oxygen atoms in total. The fourth-order valence-corrected chi connectivity index (χ4v) is 8.24. The van der Waals surface area contributed by atoms with E-state index in [1.54, 1.807) is 31.4 Å². The van der Waals surface area contributed by atoms with E-state index in [1.807, 2.05) is 11.8 Å². The first-order valence-electron chi connectivity index (χ1n) is 14.1. The Morgan fingerprint density at radius 3 is 2.51 bits per heavy atom. The van der Waals surface area contributed by atoms with Gasteiger partial charge in [-0.3, -0.25) is 14.9 Å². The number of aromatic nitrogens is 1. The highest BCUT2D eigenvalue weighted by Gasteiger charge is 2.59. The molecule has 212 valence electrons. The summed E-state index contributed by atoms with van der Waals surface area (Å²) >= 11 is 1.44. The first kappa shape index (κ1) is 28.1. The second kappa shape index (κ2) is 10.8. The van der Waals surface area contributed by atoms with Crippen LogP contribution in [0, 0.1) is 22.7 Å². The largest absolute Gasteiger partial charge is 0.497 e. The van der Waals surface area contributed by atoms with Gasteiger partial charge < -0.3 is 19.8 Å². The number of aliphatic hydroxyl groups excluding tert-OH is 2. The zero-order valence-corrected chi connectivity index (χ0v) is 24.2. The lowest BCUT2D eigenvalue weighted by Gasteiger charge is -2.58. The molecule has 39 heavy (non-hydrogen) atoms. The van der Waals surface area contributed by atoms with Crippen molar-refractivity contribution in [3.05, 3.63) is 40.4 Å². The van der Waals surface area contributed by atoms with E-state index < -0.39 is 11.5 Å². The molecule has 1 saturated heterocycles. The van der Waals surface area contributed by atoms with Crippen molar-refractivity contribution in [1.29, 1.82) is 0 Å². The molecule has 0 radical (unpaired) electrons. The maximum Gasteiger partial charge on any atom is 0.257 e. The number of carbonyl (C=O) groups excluding carboxylic acids is 2. The number of methoxy groups -OCH3 is 1. The zero-order chi connectivity index (χ0) is 27.9. The van der Waals surface area contributed by atoms with E-state index in [-0.39, 0.29) is 35.7 Å². The second-order valence-corrected chi connectivity index (χ2v) is 13.4. The highest BCUT2D eigenvalue weighted by atomic mass is 32.1. The van der Waals surface area contributed by atoms with Crippen molar-refractivity contribution in [2.24, 2.45) is 22.7 Å². The number of piperidine rings is 1. The topological polar surface area (TPSA) is 112 Å². The van der Waals surface area contributed by atoms with Crippen molar-refractivity contribution < 1.29 is 24.5 Å². The van der Waals surface area contributed by atoms with Crippen LogP contribution >= 0.6 is 11.3 Å². The third kappa shape index (κ3) is 5.09. The van der Waals surface area contributed by atoms with Gasteiger partial charge in [-0.05, 0) is 73.6 Å². The highest BCUT2D eigenvalue weighted by molar-refractivity contribution is 7.15. The Morgan fingerprint density at radius 1 is 1.18 bits per heavy atom. The predicted molar refractivity (Wildman–Crippen MR) is 151 cm³/mol. The standard InChI is InChI=1S/C30H41N3O5S/c1-18-10-13-33(14-11-18)25(36)15-21-26-22(16-23-29(21,2)12-9-24(35)30(23,3)17-34)39-28(31-26)32-27(37)19-5-7-20(38-4)8-6-19/h5-8,18,21,23-24,34-35H,9-17H2,1-4H3,(H,31,32,37)/t21-,23+,24-,29+,30+/m1/s1. The number of hydrogen-bond donors (Lipinski definition) is 3. The summed E-state index contributed by atoms with van der Waals surface area (Å²) < 4.78 is 5.20. The summed E-state index contributed by atoms with van der Waals surface area (Å²) in [4.78, 5) is 34.6. The van der Waals surface area contributed by atoms with E-state index in [1.165, 1.54) is 11.3 Å². The second-order valence-electron chi connectivity index (χ2n) is 12.3. The van der Waals surface area contributed by atoms with Crippen LogP contribution in [0.3, 0.4) is 0 Å². The minimum Gasteiger partial charge on any atom is -0.497 e. The lowest BCUT2D eigenvalue weighted by atomic mass is 9.47. The fraction of sp³-hybridized carbons (Fsp3) is 0.633. The van der Waals surface area contributed by atoms with Gasteiger partial charge >= 0.3 is 0 Å². The average molecular weight is 556 g/mol. The summed E-state index contributed by atoms with van der Waals surface area (Å²) in [6.45, 7) is 7.88. The Kier molecular flexibility index (Phi) is 7.79. The molecule has 2 heterocycles. The van der Waals surface area contributed by atoms with Crippen molar-refractivity contribution in [3.8, 4) is 5.75 Å².